The van der Waals surface area contributed by atoms with Gasteiger partial charge in [-0.3, -0.25) is 14.8 Å². The van der Waals surface area contributed by atoms with Crippen molar-refractivity contribution in [2.24, 2.45) is 0 Å². The van der Waals surface area contributed by atoms with Crippen LogP contribution in [0.1, 0.15) is 28.4 Å². The van der Waals surface area contributed by atoms with Crippen LogP contribution >= 0.6 is 0 Å². The van der Waals surface area contributed by atoms with E-state index in [1.807, 2.05) is 77.2 Å². The first-order chi connectivity index (χ1) is 16.7. The highest BCUT2D eigenvalue weighted by Crippen LogP contribution is 2.27. The molecule has 0 aliphatic carbocycles. The van der Waals surface area contributed by atoms with Crippen molar-refractivity contribution in [3.63, 3.8) is 0 Å². The van der Waals surface area contributed by atoms with Gasteiger partial charge in [0, 0.05) is 50.0 Å². The first-order valence-corrected chi connectivity index (χ1v) is 11.2. The minimum atomic E-state index is -0.0825. The lowest BCUT2D eigenvalue weighted by molar-refractivity contribution is 0.0732. The molecule has 0 spiro atoms. The van der Waals surface area contributed by atoms with Crippen molar-refractivity contribution in [2.45, 2.75) is 26.6 Å². The lowest BCUT2D eigenvalue weighted by atomic mass is 10.1. The second-order valence-electron chi connectivity index (χ2n) is 8.00. The number of rotatable bonds is 7. The third kappa shape index (κ3) is 4.41. The topological polar surface area (TPSA) is 76.8 Å². The highest BCUT2D eigenvalue weighted by atomic mass is 16.2. The number of pyridine rings is 3. The van der Waals surface area contributed by atoms with Crippen molar-refractivity contribution in [3.05, 3.63) is 108 Å². The predicted octanol–water partition coefficient (Wildman–Crippen LogP) is 4.75. The number of amides is 1. The van der Waals surface area contributed by atoms with Gasteiger partial charge >= 0.3 is 0 Å². The fraction of sp³-hybridized carbons (Fsp3) is 0.148. The number of fused-ring (bicyclic) bond motifs is 1. The molecule has 1 amide bonds. The van der Waals surface area contributed by atoms with Crippen molar-refractivity contribution in [1.29, 1.82) is 0 Å². The van der Waals surface area contributed by atoms with Crippen molar-refractivity contribution >= 4 is 16.9 Å². The Balaban J connectivity index is 1.61. The van der Waals surface area contributed by atoms with Gasteiger partial charge in [0.2, 0.25) is 0 Å². The van der Waals surface area contributed by atoms with Gasteiger partial charge in [-0.25, -0.2) is 9.67 Å². The van der Waals surface area contributed by atoms with Crippen LogP contribution in [0.2, 0.25) is 0 Å². The molecule has 0 atom stereocenters. The van der Waals surface area contributed by atoms with Crippen LogP contribution in [0.4, 0.5) is 0 Å². The van der Waals surface area contributed by atoms with Crippen LogP contribution < -0.4 is 0 Å². The van der Waals surface area contributed by atoms with E-state index in [9.17, 15) is 4.79 Å². The molecular weight excluding hydrogens is 424 g/mol. The molecule has 7 heteroatoms. The number of hydrogen-bond donors (Lipinski definition) is 0. The average molecular weight is 449 g/mol. The summed E-state index contributed by atoms with van der Waals surface area (Å²) >= 11 is 0. The van der Waals surface area contributed by atoms with Gasteiger partial charge in [0.15, 0.2) is 5.65 Å². The minimum Gasteiger partial charge on any atom is -0.330 e. The van der Waals surface area contributed by atoms with E-state index in [0.29, 0.717) is 30.8 Å². The van der Waals surface area contributed by atoms with Gasteiger partial charge in [0.1, 0.15) is 0 Å². The Morgan fingerprint density at radius 3 is 2.41 bits per heavy atom. The van der Waals surface area contributed by atoms with Crippen molar-refractivity contribution in [3.8, 4) is 11.3 Å². The van der Waals surface area contributed by atoms with Gasteiger partial charge in [-0.1, -0.05) is 36.4 Å². The van der Waals surface area contributed by atoms with E-state index in [2.05, 4.69) is 15.1 Å². The largest absolute Gasteiger partial charge is 0.330 e. The molecule has 5 aromatic rings. The summed E-state index contributed by atoms with van der Waals surface area (Å²) in [7, 11) is 0. The second-order valence-corrected chi connectivity index (χ2v) is 8.00. The average Bonchev–Trinajstić information content (AvgIpc) is 3.32. The molecule has 0 radical (unpaired) electrons. The molecule has 0 unspecified atom stereocenters. The maximum absolute atomic E-state index is 14.1. The number of aryl methyl sites for hydroxylation is 1. The van der Waals surface area contributed by atoms with Crippen molar-refractivity contribution in [1.82, 2.24) is 29.6 Å². The van der Waals surface area contributed by atoms with E-state index in [1.165, 1.54) is 0 Å². The zero-order chi connectivity index (χ0) is 23.3. The van der Waals surface area contributed by atoms with Crippen LogP contribution in [0.3, 0.4) is 0 Å². The first-order valence-electron chi connectivity index (χ1n) is 11.2. The lowest BCUT2D eigenvalue weighted by Gasteiger charge is -2.23. The predicted molar refractivity (Wildman–Crippen MR) is 131 cm³/mol. The van der Waals surface area contributed by atoms with Gasteiger partial charge in [0.05, 0.1) is 22.8 Å². The summed E-state index contributed by atoms with van der Waals surface area (Å²) < 4.78 is 1.83. The zero-order valence-corrected chi connectivity index (χ0v) is 18.9. The number of aromatic nitrogens is 5. The molecule has 0 bridgehead atoms. The first kappa shape index (κ1) is 21.5. The molecule has 7 nitrogen and oxygen atoms in total. The summed E-state index contributed by atoms with van der Waals surface area (Å²) in [6.07, 6.45) is 8.75. The third-order valence-corrected chi connectivity index (χ3v) is 5.71. The Morgan fingerprint density at radius 2 is 1.68 bits per heavy atom. The van der Waals surface area contributed by atoms with Crippen LogP contribution in [0.25, 0.3) is 22.3 Å². The lowest BCUT2D eigenvalue weighted by Crippen LogP contribution is -2.30. The SMILES string of the molecule is CCn1ncc2c(C(=O)N(Cc3ccncc3)Cc3cccnc3)cc(-c3ccccc3)nc21. The molecule has 1 aromatic carbocycles. The number of hydrogen-bond acceptors (Lipinski definition) is 5. The van der Waals surface area contributed by atoms with E-state index < -0.39 is 0 Å². The van der Waals surface area contributed by atoms with Gasteiger partial charge in [-0.15, -0.1) is 0 Å². The minimum absolute atomic E-state index is 0.0825. The number of carbonyl (C=O) groups excluding carboxylic acids is 1. The molecule has 0 saturated heterocycles. The number of carbonyl (C=O) groups is 1. The summed E-state index contributed by atoms with van der Waals surface area (Å²) in [6, 6.07) is 19.5. The fourth-order valence-corrected chi connectivity index (χ4v) is 4.00. The van der Waals surface area contributed by atoms with Gasteiger partial charge < -0.3 is 4.90 Å². The molecule has 34 heavy (non-hydrogen) atoms. The molecule has 0 saturated carbocycles. The van der Waals surface area contributed by atoms with Crippen molar-refractivity contribution < 1.29 is 4.79 Å². The summed E-state index contributed by atoms with van der Waals surface area (Å²) in [4.78, 5) is 29.1. The zero-order valence-electron chi connectivity index (χ0n) is 18.9. The molecule has 168 valence electrons. The Bertz CT molecular complexity index is 1360. The van der Waals surface area contributed by atoms with Gasteiger partial charge in [0.25, 0.3) is 5.91 Å². The molecule has 0 N–H and O–H groups in total. The Morgan fingerprint density at radius 1 is 0.882 bits per heavy atom. The molecule has 0 fully saturated rings. The quantitative estimate of drug-likeness (QED) is 0.359. The number of nitrogens with zero attached hydrogens (tertiary/aromatic N) is 6. The fourth-order valence-electron chi connectivity index (χ4n) is 4.00. The second kappa shape index (κ2) is 9.62. The van der Waals surface area contributed by atoms with Crippen LogP contribution in [0, 0.1) is 0 Å². The van der Waals surface area contributed by atoms with Crippen LogP contribution in [0.5, 0.6) is 0 Å². The number of benzene rings is 1. The Hall–Kier alpha value is -4.39. The molecule has 5 rings (SSSR count). The van der Waals surface area contributed by atoms with Crippen LogP contribution in [0.15, 0.2) is 91.6 Å². The highest BCUT2D eigenvalue weighted by Gasteiger charge is 2.23. The molecule has 0 aliphatic rings. The van der Waals surface area contributed by atoms with E-state index in [4.69, 9.17) is 4.98 Å². The van der Waals surface area contributed by atoms with Crippen molar-refractivity contribution in [2.75, 3.05) is 0 Å². The van der Waals surface area contributed by atoms with Gasteiger partial charge in [-0.05, 0) is 42.3 Å². The molecule has 4 heterocycles. The van der Waals surface area contributed by atoms with Crippen LogP contribution in [-0.2, 0) is 19.6 Å². The monoisotopic (exact) mass is 448 g/mol. The van der Waals surface area contributed by atoms with Crippen LogP contribution in [-0.4, -0.2) is 35.5 Å². The highest BCUT2D eigenvalue weighted by molar-refractivity contribution is 6.06. The summed E-state index contributed by atoms with van der Waals surface area (Å²) in [5.74, 6) is -0.0825. The van der Waals surface area contributed by atoms with Gasteiger partial charge in [-0.2, -0.15) is 5.10 Å². The maximum atomic E-state index is 14.1. The third-order valence-electron chi connectivity index (χ3n) is 5.71. The molecule has 4 aromatic heterocycles. The standard InChI is InChI=1S/C27H24N6O/c1-2-33-26-24(17-30-33)23(15-25(31-26)22-8-4-3-5-9-22)27(34)32(18-20-10-13-28-14-11-20)19-21-7-6-12-29-16-21/h3-17H,2,18-19H2,1H3. The summed E-state index contributed by atoms with van der Waals surface area (Å²) in [5, 5.41) is 5.23. The van der Waals surface area contributed by atoms with E-state index in [1.54, 1.807) is 31.0 Å². The smallest absolute Gasteiger partial charge is 0.255 e. The molecule has 0 aliphatic heterocycles. The summed E-state index contributed by atoms with van der Waals surface area (Å²) in [6.45, 7) is 3.56. The summed E-state index contributed by atoms with van der Waals surface area (Å²) in [5.41, 5.74) is 4.96. The maximum Gasteiger partial charge on any atom is 0.255 e. The van der Waals surface area contributed by atoms with E-state index >= 15 is 0 Å². The molecular formula is C27H24N6O. The normalized spacial score (nSPS) is 11.0. The Kier molecular flexibility index (Phi) is 6.07. The van der Waals surface area contributed by atoms with E-state index in [-0.39, 0.29) is 5.91 Å². The Labute approximate surface area is 197 Å². The van der Waals surface area contributed by atoms with E-state index in [0.717, 1.165) is 27.8 Å².